The highest BCUT2D eigenvalue weighted by atomic mass is 79.9. The smallest absolute Gasteiger partial charge is 0.354 e. The fourth-order valence-corrected chi connectivity index (χ4v) is 1.66. The number of hydrogen-bond acceptors (Lipinski definition) is 3. The first-order valence-corrected chi connectivity index (χ1v) is 5.32. The fourth-order valence-electron chi connectivity index (χ4n) is 1.19. The lowest BCUT2D eigenvalue weighted by Gasteiger charge is -2.07. The summed E-state index contributed by atoms with van der Waals surface area (Å²) in [5, 5.41) is 0.0561. The predicted molar refractivity (Wildman–Crippen MR) is 56.0 cm³/mol. The molecule has 0 saturated heterocycles. The van der Waals surface area contributed by atoms with E-state index in [-0.39, 0.29) is 16.6 Å². The third-order valence-corrected chi connectivity index (χ3v) is 2.53. The number of carbonyl (C=O) groups is 1. The first-order valence-electron chi connectivity index (χ1n) is 4.19. The van der Waals surface area contributed by atoms with Crippen molar-refractivity contribution in [2.75, 3.05) is 7.11 Å². The van der Waals surface area contributed by atoms with E-state index in [2.05, 4.69) is 25.7 Å². The molecule has 0 spiro atoms. The Hall–Kier alpha value is -1.24. The maximum Gasteiger partial charge on any atom is 0.354 e. The van der Waals surface area contributed by atoms with Crippen LogP contribution in [0.1, 0.15) is 28.0 Å². The Kier molecular flexibility index (Phi) is 4.17. The predicted octanol–water partition coefficient (Wildman–Crippen LogP) is 1.99. The van der Waals surface area contributed by atoms with E-state index in [9.17, 15) is 18.4 Å². The minimum atomic E-state index is -2.89. The zero-order chi connectivity index (χ0) is 12.3. The van der Waals surface area contributed by atoms with Crippen LogP contribution < -0.4 is 5.56 Å². The lowest BCUT2D eigenvalue weighted by Crippen LogP contribution is -2.20. The maximum atomic E-state index is 12.5. The molecular weight excluding hydrogens is 288 g/mol. The summed E-state index contributed by atoms with van der Waals surface area (Å²) in [7, 11) is 1.13. The second-order valence-electron chi connectivity index (χ2n) is 2.88. The number of halogens is 3. The van der Waals surface area contributed by atoms with E-state index in [1.54, 1.807) is 0 Å². The van der Waals surface area contributed by atoms with Crippen molar-refractivity contribution < 1.29 is 18.3 Å². The molecule has 7 heteroatoms. The maximum absolute atomic E-state index is 12.5. The molecule has 1 aromatic rings. The monoisotopic (exact) mass is 295 g/mol. The zero-order valence-electron chi connectivity index (χ0n) is 8.22. The van der Waals surface area contributed by atoms with Gasteiger partial charge in [0.05, 0.1) is 12.7 Å². The van der Waals surface area contributed by atoms with E-state index in [1.807, 2.05) is 0 Å². The number of aromatic nitrogens is 1. The Bertz CT molecular complexity index is 459. The van der Waals surface area contributed by atoms with Gasteiger partial charge < -0.3 is 9.72 Å². The summed E-state index contributed by atoms with van der Waals surface area (Å²) >= 11 is 2.98. The topological polar surface area (TPSA) is 59.2 Å². The molecule has 1 heterocycles. The van der Waals surface area contributed by atoms with Gasteiger partial charge in [-0.05, 0) is 11.6 Å². The number of pyridine rings is 1. The summed E-state index contributed by atoms with van der Waals surface area (Å²) < 4.78 is 29.4. The van der Waals surface area contributed by atoms with Crippen LogP contribution in [0.2, 0.25) is 0 Å². The van der Waals surface area contributed by atoms with Crippen molar-refractivity contribution >= 4 is 21.9 Å². The first kappa shape index (κ1) is 12.8. The van der Waals surface area contributed by atoms with Crippen LogP contribution in [0.25, 0.3) is 0 Å². The van der Waals surface area contributed by atoms with E-state index in [1.165, 1.54) is 6.07 Å². The van der Waals surface area contributed by atoms with Crippen LogP contribution in [-0.2, 0) is 10.1 Å². The van der Waals surface area contributed by atoms with Gasteiger partial charge in [0.1, 0.15) is 5.69 Å². The standard InChI is InChI=1S/C9H8BrF2NO3/c1-16-9(15)5-2-4(3-10)6(7(11)12)8(14)13-5/h2,7H,3H2,1H3,(H,13,14). The number of carbonyl (C=O) groups excluding carboxylic acids is 1. The molecule has 0 amide bonds. The molecule has 1 N–H and O–H groups in total. The minimum absolute atomic E-state index is 0.0561. The van der Waals surface area contributed by atoms with Crippen LogP contribution >= 0.6 is 15.9 Å². The summed E-state index contributed by atoms with van der Waals surface area (Å²) in [5.74, 6) is -0.778. The van der Waals surface area contributed by atoms with Gasteiger partial charge >= 0.3 is 5.97 Å². The molecule has 0 atom stereocenters. The first-order chi connectivity index (χ1) is 7.51. The van der Waals surface area contributed by atoms with E-state index in [0.717, 1.165) is 7.11 Å². The Morgan fingerprint density at radius 1 is 1.62 bits per heavy atom. The van der Waals surface area contributed by atoms with Crippen molar-refractivity contribution in [3.05, 3.63) is 33.2 Å². The van der Waals surface area contributed by atoms with Crippen molar-refractivity contribution in [3.63, 3.8) is 0 Å². The molecule has 0 aromatic carbocycles. The summed E-state index contributed by atoms with van der Waals surface area (Å²) in [6.07, 6.45) is -2.89. The van der Waals surface area contributed by atoms with Crippen molar-refractivity contribution in [2.45, 2.75) is 11.8 Å². The van der Waals surface area contributed by atoms with Gasteiger partial charge in [-0.15, -0.1) is 0 Å². The van der Waals surface area contributed by atoms with Gasteiger partial charge in [0.15, 0.2) is 0 Å². The largest absolute Gasteiger partial charge is 0.464 e. The number of nitrogens with one attached hydrogen (secondary N) is 1. The van der Waals surface area contributed by atoms with Crippen molar-refractivity contribution in [1.82, 2.24) is 4.98 Å². The fraction of sp³-hybridized carbons (Fsp3) is 0.333. The van der Waals surface area contributed by atoms with Gasteiger partial charge in [-0.1, -0.05) is 15.9 Å². The molecule has 0 aliphatic rings. The second-order valence-corrected chi connectivity index (χ2v) is 3.44. The highest BCUT2D eigenvalue weighted by Crippen LogP contribution is 2.21. The Morgan fingerprint density at radius 2 is 2.25 bits per heavy atom. The van der Waals surface area contributed by atoms with E-state index < -0.39 is 23.5 Å². The highest BCUT2D eigenvalue weighted by Gasteiger charge is 2.20. The molecule has 0 radical (unpaired) electrons. The van der Waals surface area contributed by atoms with Crippen LogP contribution in [0.15, 0.2) is 10.9 Å². The molecule has 1 rings (SSSR count). The van der Waals surface area contributed by atoms with Crippen LogP contribution in [0.4, 0.5) is 8.78 Å². The molecule has 4 nitrogen and oxygen atoms in total. The van der Waals surface area contributed by atoms with E-state index >= 15 is 0 Å². The van der Waals surface area contributed by atoms with Gasteiger partial charge in [-0.3, -0.25) is 4.79 Å². The Labute approximate surface area is 97.7 Å². The number of hydrogen-bond donors (Lipinski definition) is 1. The Balaban J connectivity index is 3.38. The molecule has 1 aromatic heterocycles. The van der Waals surface area contributed by atoms with E-state index in [0.29, 0.717) is 0 Å². The van der Waals surface area contributed by atoms with E-state index in [4.69, 9.17) is 0 Å². The van der Waals surface area contributed by atoms with Gasteiger partial charge in [0.25, 0.3) is 12.0 Å². The summed E-state index contributed by atoms with van der Waals surface area (Å²) in [6.45, 7) is 0. The van der Waals surface area contributed by atoms with Gasteiger partial charge in [-0.2, -0.15) is 0 Å². The van der Waals surface area contributed by atoms with Crippen LogP contribution in [0.3, 0.4) is 0 Å². The molecule has 0 bridgehead atoms. The normalized spacial score (nSPS) is 10.6. The molecule has 0 saturated carbocycles. The van der Waals surface area contributed by atoms with Crippen molar-refractivity contribution in [3.8, 4) is 0 Å². The number of methoxy groups -OCH3 is 1. The average Bonchev–Trinajstić information content (AvgIpc) is 2.26. The highest BCUT2D eigenvalue weighted by molar-refractivity contribution is 9.08. The number of alkyl halides is 3. The molecule has 16 heavy (non-hydrogen) atoms. The summed E-state index contributed by atoms with van der Waals surface area (Å²) in [5.41, 5.74) is -1.69. The number of rotatable bonds is 3. The van der Waals surface area contributed by atoms with Crippen LogP contribution in [0.5, 0.6) is 0 Å². The van der Waals surface area contributed by atoms with Crippen LogP contribution in [-0.4, -0.2) is 18.1 Å². The average molecular weight is 296 g/mol. The SMILES string of the molecule is COC(=O)c1cc(CBr)c(C(F)F)c(=O)[nH]1. The van der Waals surface area contributed by atoms with Gasteiger partial charge in [0, 0.05) is 5.33 Å². The molecular formula is C9H8BrF2NO3. The zero-order valence-corrected chi connectivity index (χ0v) is 9.81. The molecule has 0 aliphatic heterocycles. The second kappa shape index (κ2) is 5.20. The summed E-state index contributed by atoms with van der Waals surface area (Å²) in [6, 6.07) is 1.17. The van der Waals surface area contributed by atoms with Gasteiger partial charge in [0.2, 0.25) is 0 Å². The van der Waals surface area contributed by atoms with Crippen molar-refractivity contribution in [1.29, 1.82) is 0 Å². The lowest BCUT2D eigenvalue weighted by atomic mass is 10.1. The minimum Gasteiger partial charge on any atom is -0.464 e. The van der Waals surface area contributed by atoms with Gasteiger partial charge in [-0.25, -0.2) is 13.6 Å². The molecule has 0 unspecified atom stereocenters. The lowest BCUT2D eigenvalue weighted by molar-refractivity contribution is 0.0592. The summed E-state index contributed by atoms with van der Waals surface area (Å²) in [4.78, 5) is 24.5. The third-order valence-electron chi connectivity index (χ3n) is 1.92. The molecule has 0 fully saturated rings. The number of esters is 1. The number of aromatic amines is 1. The van der Waals surface area contributed by atoms with Crippen molar-refractivity contribution in [2.24, 2.45) is 0 Å². The molecule has 88 valence electrons. The quantitative estimate of drug-likeness (QED) is 0.685. The third kappa shape index (κ3) is 2.46. The molecule has 0 aliphatic carbocycles. The van der Waals surface area contributed by atoms with Crippen LogP contribution in [0, 0.1) is 0 Å². The number of H-pyrrole nitrogens is 1. The Morgan fingerprint density at radius 3 is 2.69 bits per heavy atom. The number of ether oxygens (including phenoxy) is 1.